The number of hydrogen-bond acceptors (Lipinski definition) is 3. The molecule has 142 valence electrons. The number of benzene rings is 1. The van der Waals surface area contributed by atoms with Crippen LogP contribution in [-0.4, -0.2) is 34.7 Å². The molecule has 1 aliphatic heterocycles. The zero-order valence-corrected chi connectivity index (χ0v) is 16.6. The Morgan fingerprint density at radius 2 is 2.07 bits per heavy atom. The molecule has 2 heterocycles. The van der Waals surface area contributed by atoms with Crippen molar-refractivity contribution in [3.05, 3.63) is 53.2 Å². The molecular formula is C22H25ClN2O2. The fraction of sp³-hybridized carbons (Fsp3) is 0.409. The summed E-state index contributed by atoms with van der Waals surface area (Å²) in [6, 6.07) is 11.1. The zero-order chi connectivity index (χ0) is 19.4. The van der Waals surface area contributed by atoms with Crippen LogP contribution in [0.25, 0.3) is 11.3 Å². The van der Waals surface area contributed by atoms with E-state index >= 15 is 0 Å². The summed E-state index contributed by atoms with van der Waals surface area (Å²) >= 11 is 6.03. The van der Waals surface area contributed by atoms with Crippen molar-refractivity contribution in [2.75, 3.05) is 13.1 Å². The molecule has 1 amide bonds. The minimum absolute atomic E-state index is 0.0382. The number of piperidine rings is 1. The van der Waals surface area contributed by atoms with Crippen molar-refractivity contribution in [3.63, 3.8) is 0 Å². The molecule has 5 heteroatoms. The average Bonchev–Trinajstić information content (AvgIpc) is 2.67. The van der Waals surface area contributed by atoms with Crippen molar-refractivity contribution in [2.45, 2.75) is 33.1 Å². The molecule has 0 bridgehead atoms. The molecule has 0 aliphatic carbocycles. The van der Waals surface area contributed by atoms with E-state index < -0.39 is 0 Å². The zero-order valence-electron chi connectivity index (χ0n) is 15.8. The predicted octanol–water partition coefficient (Wildman–Crippen LogP) is 4.87. The Morgan fingerprint density at radius 1 is 1.26 bits per heavy atom. The van der Waals surface area contributed by atoms with Gasteiger partial charge in [-0.15, -0.1) is 0 Å². The van der Waals surface area contributed by atoms with Crippen LogP contribution in [0.1, 0.15) is 43.5 Å². The van der Waals surface area contributed by atoms with Crippen LogP contribution in [0, 0.1) is 11.8 Å². The Bertz CT molecular complexity index is 817. The predicted molar refractivity (Wildman–Crippen MR) is 108 cm³/mol. The largest absolute Gasteiger partial charge is 0.338 e. The maximum atomic E-state index is 12.8. The molecule has 0 radical (unpaired) electrons. The van der Waals surface area contributed by atoms with Gasteiger partial charge in [-0.1, -0.05) is 37.6 Å². The lowest BCUT2D eigenvalue weighted by atomic mass is 9.89. The molecule has 27 heavy (non-hydrogen) atoms. The van der Waals surface area contributed by atoms with E-state index in [2.05, 4.69) is 18.8 Å². The number of pyridine rings is 1. The number of aromatic nitrogens is 1. The monoisotopic (exact) mass is 384 g/mol. The van der Waals surface area contributed by atoms with Crippen molar-refractivity contribution in [1.82, 2.24) is 9.88 Å². The van der Waals surface area contributed by atoms with Crippen molar-refractivity contribution in [2.24, 2.45) is 11.8 Å². The quantitative estimate of drug-likeness (QED) is 0.738. The molecular weight excluding hydrogens is 360 g/mol. The molecule has 1 saturated heterocycles. The van der Waals surface area contributed by atoms with Crippen molar-refractivity contribution >= 4 is 23.3 Å². The van der Waals surface area contributed by atoms with Gasteiger partial charge in [0.2, 0.25) is 0 Å². The second kappa shape index (κ2) is 8.66. The van der Waals surface area contributed by atoms with E-state index in [1.54, 1.807) is 17.2 Å². The number of halogens is 1. The van der Waals surface area contributed by atoms with Crippen LogP contribution >= 0.6 is 11.6 Å². The lowest BCUT2D eigenvalue weighted by Gasteiger charge is -2.32. The van der Waals surface area contributed by atoms with E-state index in [9.17, 15) is 9.59 Å². The van der Waals surface area contributed by atoms with Gasteiger partial charge in [-0.2, -0.15) is 0 Å². The van der Waals surface area contributed by atoms with Gasteiger partial charge < -0.3 is 4.90 Å². The van der Waals surface area contributed by atoms with E-state index in [0.29, 0.717) is 36.0 Å². The van der Waals surface area contributed by atoms with Crippen LogP contribution in [0.4, 0.5) is 0 Å². The smallest absolute Gasteiger partial charge is 0.255 e. The average molecular weight is 385 g/mol. The van der Waals surface area contributed by atoms with Gasteiger partial charge in [0, 0.05) is 42.2 Å². The van der Waals surface area contributed by atoms with Crippen LogP contribution in [0.5, 0.6) is 0 Å². The molecule has 3 rings (SSSR count). The number of rotatable bonds is 5. The van der Waals surface area contributed by atoms with Crippen LogP contribution < -0.4 is 0 Å². The molecule has 1 aromatic carbocycles. The number of amides is 1. The van der Waals surface area contributed by atoms with E-state index in [1.165, 1.54) is 0 Å². The van der Waals surface area contributed by atoms with Gasteiger partial charge in [0.25, 0.3) is 5.91 Å². The summed E-state index contributed by atoms with van der Waals surface area (Å²) in [5.41, 5.74) is 2.24. The van der Waals surface area contributed by atoms with Gasteiger partial charge in [-0.3, -0.25) is 14.6 Å². The molecule has 0 saturated carbocycles. The first-order chi connectivity index (χ1) is 12.9. The van der Waals surface area contributed by atoms with Gasteiger partial charge in [0.05, 0.1) is 11.3 Å². The van der Waals surface area contributed by atoms with Crippen LogP contribution in [0.2, 0.25) is 5.02 Å². The van der Waals surface area contributed by atoms with Crippen molar-refractivity contribution in [1.29, 1.82) is 0 Å². The normalized spacial score (nSPS) is 17.2. The second-order valence-corrected chi connectivity index (χ2v) is 8.03. The van der Waals surface area contributed by atoms with Gasteiger partial charge in [0.1, 0.15) is 5.78 Å². The maximum absolute atomic E-state index is 12.8. The highest BCUT2D eigenvalue weighted by atomic mass is 35.5. The van der Waals surface area contributed by atoms with Crippen molar-refractivity contribution < 1.29 is 9.59 Å². The molecule has 0 spiro atoms. The summed E-state index contributed by atoms with van der Waals surface area (Å²) in [6.07, 6.45) is 3.94. The summed E-state index contributed by atoms with van der Waals surface area (Å²) in [5, 5.41) is 0.653. The van der Waals surface area contributed by atoms with E-state index in [4.69, 9.17) is 11.6 Å². The highest BCUT2D eigenvalue weighted by Crippen LogP contribution is 2.24. The third kappa shape index (κ3) is 4.95. The number of hydrogen-bond donors (Lipinski definition) is 0. The third-order valence-electron chi connectivity index (χ3n) is 4.90. The fourth-order valence-corrected chi connectivity index (χ4v) is 3.71. The Balaban J connectivity index is 1.69. The first kappa shape index (κ1) is 19.6. The molecule has 1 aliphatic rings. The SMILES string of the molecule is CC(C)CC(=O)[C@H]1CCCN(C(=O)c2ccc(-c3cccc(Cl)c3)nc2)C1. The Labute approximate surface area is 165 Å². The van der Waals surface area contributed by atoms with Gasteiger partial charge in [-0.25, -0.2) is 0 Å². The lowest BCUT2D eigenvalue weighted by molar-refractivity contribution is -0.124. The molecule has 4 nitrogen and oxygen atoms in total. The van der Waals surface area contributed by atoms with Crippen LogP contribution in [-0.2, 0) is 4.79 Å². The summed E-state index contributed by atoms with van der Waals surface area (Å²) in [7, 11) is 0. The number of carbonyl (C=O) groups excluding carboxylic acids is 2. The summed E-state index contributed by atoms with van der Waals surface area (Å²) in [5.74, 6) is 0.537. The topological polar surface area (TPSA) is 50.3 Å². The summed E-state index contributed by atoms with van der Waals surface area (Å²) in [6.45, 7) is 5.31. The number of nitrogens with zero attached hydrogens (tertiary/aromatic N) is 2. The molecule has 1 aromatic heterocycles. The van der Waals surface area contributed by atoms with Crippen molar-refractivity contribution in [3.8, 4) is 11.3 Å². The number of Topliss-reactive ketones (excluding diaryl/α,β-unsaturated/α-hetero) is 1. The van der Waals surface area contributed by atoms with E-state index in [-0.39, 0.29) is 17.6 Å². The van der Waals surface area contributed by atoms with E-state index in [0.717, 1.165) is 24.1 Å². The molecule has 1 atom stereocenters. The highest BCUT2D eigenvalue weighted by molar-refractivity contribution is 6.30. The summed E-state index contributed by atoms with van der Waals surface area (Å²) in [4.78, 5) is 31.4. The first-order valence-corrected chi connectivity index (χ1v) is 9.86. The Hall–Kier alpha value is -2.20. The lowest BCUT2D eigenvalue weighted by Crippen LogP contribution is -2.42. The minimum atomic E-state index is -0.0535. The second-order valence-electron chi connectivity index (χ2n) is 7.60. The standard InChI is InChI=1S/C22H25ClN2O2/c1-15(2)11-21(26)18-6-4-10-25(14-18)22(27)17-8-9-20(24-13-17)16-5-3-7-19(23)12-16/h3,5,7-9,12-13,15,18H,4,6,10-11,14H2,1-2H3/t18-/m0/s1. The molecule has 0 unspecified atom stereocenters. The highest BCUT2D eigenvalue weighted by Gasteiger charge is 2.29. The van der Waals surface area contributed by atoms with Crippen LogP contribution in [0.3, 0.4) is 0 Å². The minimum Gasteiger partial charge on any atom is -0.338 e. The number of ketones is 1. The number of likely N-dealkylation sites (tertiary alicyclic amines) is 1. The Kier molecular flexibility index (Phi) is 6.27. The Morgan fingerprint density at radius 3 is 2.74 bits per heavy atom. The van der Waals surface area contributed by atoms with Gasteiger partial charge in [0.15, 0.2) is 0 Å². The molecule has 1 fully saturated rings. The van der Waals surface area contributed by atoms with E-state index in [1.807, 2.05) is 30.3 Å². The fourth-order valence-electron chi connectivity index (χ4n) is 3.51. The van der Waals surface area contributed by atoms with Crippen LogP contribution in [0.15, 0.2) is 42.6 Å². The maximum Gasteiger partial charge on any atom is 0.255 e. The first-order valence-electron chi connectivity index (χ1n) is 9.48. The van der Waals surface area contributed by atoms with Gasteiger partial charge >= 0.3 is 0 Å². The summed E-state index contributed by atoms with van der Waals surface area (Å²) < 4.78 is 0. The molecule has 2 aromatic rings. The van der Waals surface area contributed by atoms with Gasteiger partial charge in [-0.05, 0) is 43.0 Å². The molecule has 0 N–H and O–H groups in total. The third-order valence-corrected chi connectivity index (χ3v) is 5.14. The number of carbonyl (C=O) groups is 2.